The van der Waals surface area contributed by atoms with Crippen molar-refractivity contribution < 1.29 is 4.79 Å². The van der Waals surface area contributed by atoms with Gasteiger partial charge in [-0.25, -0.2) is 4.68 Å². The zero-order chi connectivity index (χ0) is 16.5. The summed E-state index contributed by atoms with van der Waals surface area (Å²) in [5.74, 6) is 0.397. The summed E-state index contributed by atoms with van der Waals surface area (Å²) in [7, 11) is 0. The molecule has 0 aliphatic rings. The number of nitrogens with zero attached hydrogens (tertiary/aromatic N) is 2. The van der Waals surface area contributed by atoms with Crippen LogP contribution in [0.1, 0.15) is 39.0 Å². The molecule has 0 spiro atoms. The number of benzene rings is 1. The average Bonchev–Trinajstić information content (AvgIpc) is 2.83. The molecule has 0 aliphatic heterocycles. The number of carbonyl (C=O) groups is 1. The Morgan fingerprint density at radius 1 is 1.32 bits per heavy atom. The number of hydrogen-bond acceptors (Lipinski definition) is 2. The minimum Gasteiger partial charge on any atom is -0.309 e. The molecule has 0 saturated carbocycles. The first-order valence-corrected chi connectivity index (χ1v) is 7.75. The molecule has 2 aromatic rings. The van der Waals surface area contributed by atoms with Crippen LogP contribution in [0.4, 0.5) is 5.82 Å². The number of nitrogens with one attached hydrogen (secondary N) is 1. The standard InChI is InChI=1S/C17H22ClN3O/c1-11-8-6-7-9-13(11)21-15(19-16(22)12(2)18)10-14(20-21)17(3,4)5/h6-10,12H,1-5H3,(H,19,22). The van der Waals surface area contributed by atoms with Gasteiger partial charge in [0.25, 0.3) is 0 Å². The van der Waals surface area contributed by atoms with Crippen LogP contribution >= 0.6 is 11.6 Å². The summed E-state index contributed by atoms with van der Waals surface area (Å²) in [6.45, 7) is 9.94. The van der Waals surface area contributed by atoms with Crippen molar-refractivity contribution in [3.63, 3.8) is 0 Å². The predicted octanol–water partition coefficient (Wildman–Crippen LogP) is 4.04. The van der Waals surface area contributed by atoms with E-state index < -0.39 is 5.38 Å². The summed E-state index contributed by atoms with van der Waals surface area (Å²) in [4.78, 5) is 12.0. The van der Waals surface area contributed by atoms with Gasteiger partial charge in [-0.2, -0.15) is 5.10 Å². The summed E-state index contributed by atoms with van der Waals surface area (Å²) in [6, 6.07) is 9.84. The molecule has 0 saturated heterocycles. The lowest BCUT2D eigenvalue weighted by molar-refractivity contribution is -0.115. The van der Waals surface area contributed by atoms with E-state index in [0.29, 0.717) is 5.82 Å². The fourth-order valence-corrected chi connectivity index (χ4v) is 2.10. The Hall–Kier alpha value is -1.81. The molecule has 1 aromatic heterocycles. The molecule has 1 N–H and O–H groups in total. The van der Waals surface area contributed by atoms with E-state index in [9.17, 15) is 4.79 Å². The third-order valence-electron chi connectivity index (χ3n) is 3.43. The van der Waals surface area contributed by atoms with E-state index in [1.165, 1.54) is 0 Å². The van der Waals surface area contributed by atoms with Gasteiger partial charge in [0.15, 0.2) is 0 Å². The number of para-hydroxylation sites is 1. The van der Waals surface area contributed by atoms with Gasteiger partial charge in [-0.1, -0.05) is 39.0 Å². The predicted molar refractivity (Wildman–Crippen MR) is 90.9 cm³/mol. The number of carbonyl (C=O) groups excluding carboxylic acids is 1. The van der Waals surface area contributed by atoms with E-state index in [1.807, 2.05) is 37.3 Å². The van der Waals surface area contributed by atoms with E-state index >= 15 is 0 Å². The van der Waals surface area contributed by atoms with Gasteiger partial charge in [-0.3, -0.25) is 4.79 Å². The molecule has 0 bridgehead atoms. The zero-order valence-corrected chi connectivity index (χ0v) is 14.4. The summed E-state index contributed by atoms with van der Waals surface area (Å²) >= 11 is 5.86. The van der Waals surface area contributed by atoms with Crippen LogP contribution < -0.4 is 5.32 Å². The molecular weight excluding hydrogens is 298 g/mol. The van der Waals surface area contributed by atoms with Crippen LogP contribution in [-0.4, -0.2) is 21.1 Å². The summed E-state index contributed by atoms with van der Waals surface area (Å²) in [5, 5.41) is 6.94. The van der Waals surface area contributed by atoms with Crippen LogP contribution in [0.5, 0.6) is 0 Å². The van der Waals surface area contributed by atoms with E-state index in [-0.39, 0.29) is 11.3 Å². The lowest BCUT2D eigenvalue weighted by Crippen LogP contribution is -2.22. The molecule has 118 valence electrons. The number of aryl methyl sites for hydroxylation is 1. The average molecular weight is 320 g/mol. The molecule has 0 fully saturated rings. The molecule has 0 radical (unpaired) electrons. The molecule has 1 atom stereocenters. The van der Waals surface area contributed by atoms with Gasteiger partial charge in [0, 0.05) is 11.5 Å². The first-order valence-electron chi connectivity index (χ1n) is 7.31. The van der Waals surface area contributed by atoms with Crippen LogP contribution in [0.25, 0.3) is 5.69 Å². The summed E-state index contributed by atoms with van der Waals surface area (Å²) in [6.07, 6.45) is 0. The second kappa shape index (κ2) is 6.13. The van der Waals surface area contributed by atoms with Gasteiger partial charge >= 0.3 is 0 Å². The third kappa shape index (κ3) is 3.50. The van der Waals surface area contributed by atoms with Crippen molar-refractivity contribution in [3.05, 3.63) is 41.6 Å². The highest BCUT2D eigenvalue weighted by Gasteiger charge is 2.22. The maximum Gasteiger partial charge on any atom is 0.243 e. The molecule has 5 heteroatoms. The number of rotatable bonds is 3. The Morgan fingerprint density at radius 3 is 2.50 bits per heavy atom. The van der Waals surface area contributed by atoms with Crippen LogP contribution in [0, 0.1) is 6.92 Å². The van der Waals surface area contributed by atoms with Crippen LogP contribution in [0.15, 0.2) is 30.3 Å². The molecular formula is C17H22ClN3O. The Bertz CT molecular complexity index is 683. The third-order valence-corrected chi connectivity index (χ3v) is 3.63. The van der Waals surface area contributed by atoms with Gasteiger partial charge in [0.1, 0.15) is 11.2 Å². The van der Waals surface area contributed by atoms with Crippen LogP contribution in [-0.2, 0) is 10.2 Å². The number of anilines is 1. The Kier molecular flexibility index (Phi) is 4.61. The number of hydrogen-bond donors (Lipinski definition) is 1. The minimum atomic E-state index is -0.599. The molecule has 22 heavy (non-hydrogen) atoms. The molecule has 0 aliphatic carbocycles. The Balaban J connectivity index is 2.54. The maximum atomic E-state index is 12.0. The lowest BCUT2D eigenvalue weighted by Gasteiger charge is -2.14. The Labute approximate surface area is 136 Å². The SMILES string of the molecule is Cc1ccccc1-n1nc(C(C)(C)C)cc1NC(=O)C(C)Cl. The van der Waals surface area contributed by atoms with Gasteiger partial charge in [-0.05, 0) is 25.5 Å². The lowest BCUT2D eigenvalue weighted by atomic mass is 9.92. The topological polar surface area (TPSA) is 46.9 Å². The highest BCUT2D eigenvalue weighted by molar-refractivity contribution is 6.32. The zero-order valence-electron chi connectivity index (χ0n) is 13.6. The fraction of sp³-hybridized carbons (Fsp3) is 0.412. The molecule has 2 rings (SSSR count). The Morgan fingerprint density at radius 2 is 1.95 bits per heavy atom. The normalized spacial score (nSPS) is 13.0. The van der Waals surface area contributed by atoms with Gasteiger partial charge in [0.05, 0.1) is 11.4 Å². The second-order valence-electron chi connectivity index (χ2n) is 6.47. The second-order valence-corrected chi connectivity index (χ2v) is 7.12. The number of alkyl halides is 1. The van der Waals surface area contributed by atoms with Crippen molar-refractivity contribution in [1.29, 1.82) is 0 Å². The fourth-order valence-electron chi connectivity index (χ4n) is 2.05. The van der Waals surface area contributed by atoms with Crippen molar-refractivity contribution in [3.8, 4) is 5.69 Å². The molecule has 1 unspecified atom stereocenters. The van der Waals surface area contributed by atoms with Gasteiger partial charge in [-0.15, -0.1) is 11.6 Å². The van der Waals surface area contributed by atoms with Crippen LogP contribution in [0.2, 0.25) is 0 Å². The first-order chi connectivity index (χ1) is 10.2. The summed E-state index contributed by atoms with van der Waals surface area (Å²) < 4.78 is 1.77. The smallest absolute Gasteiger partial charge is 0.243 e. The van der Waals surface area contributed by atoms with Crippen molar-refractivity contribution in [2.75, 3.05) is 5.32 Å². The van der Waals surface area contributed by atoms with Crippen molar-refractivity contribution in [1.82, 2.24) is 9.78 Å². The van der Waals surface area contributed by atoms with Crippen LogP contribution in [0.3, 0.4) is 0 Å². The largest absolute Gasteiger partial charge is 0.309 e. The van der Waals surface area contributed by atoms with E-state index in [0.717, 1.165) is 16.9 Å². The number of aromatic nitrogens is 2. The molecule has 1 amide bonds. The molecule has 1 aromatic carbocycles. The summed E-state index contributed by atoms with van der Waals surface area (Å²) in [5.41, 5.74) is 2.82. The van der Waals surface area contributed by atoms with E-state index in [2.05, 4.69) is 31.2 Å². The molecule has 1 heterocycles. The van der Waals surface area contributed by atoms with Gasteiger partial charge < -0.3 is 5.32 Å². The minimum absolute atomic E-state index is 0.111. The number of halogens is 1. The monoisotopic (exact) mass is 319 g/mol. The van der Waals surface area contributed by atoms with Crippen molar-refractivity contribution in [2.45, 2.75) is 45.4 Å². The maximum absolute atomic E-state index is 12.0. The van der Waals surface area contributed by atoms with E-state index in [4.69, 9.17) is 11.6 Å². The quantitative estimate of drug-likeness (QED) is 0.868. The van der Waals surface area contributed by atoms with Crippen molar-refractivity contribution in [2.24, 2.45) is 0 Å². The first kappa shape index (κ1) is 16.6. The number of amides is 1. The highest BCUT2D eigenvalue weighted by atomic mass is 35.5. The highest BCUT2D eigenvalue weighted by Crippen LogP contribution is 2.27. The van der Waals surface area contributed by atoms with Gasteiger partial charge in [0.2, 0.25) is 5.91 Å². The molecule has 4 nitrogen and oxygen atoms in total. The van der Waals surface area contributed by atoms with E-state index in [1.54, 1.807) is 11.6 Å². The van der Waals surface area contributed by atoms with Crippen molar-refractivity contribution >= 4 is 23.3 Å².